The number of aromatic nitrogens is 3. The number of rotatable bonds is 5. The zero-order valence-corrected chi connectivity index (χ0v) is 17.0. The van der Waals surface area contributed by atoms with Crippen molar-refractivity contribution < 1.29 is 13.2 Å². The summed E-state index contributed by atoms with van der Waals surface area (Å²) in [7, 11) is -1.89. The predicted octanol–water partition coefficient (Wildman–Crippen LogP) is 3.26. The summed E-state index contributed by atoms with van der Waals surface area (Å²) in [6.07, 6.45) is 3.12. The van der Waals surface area contributed by atoms with Crippen LogP contribution >= 0.6 is 11.6 Å². The van der Waals surface area contributed by atoms with Gasteiger partial charge in [0.2, 0.25) is 10.0 Å². The van der Waals surface area contributed by atoms with E-state index in [2.05, 4.69) is 14.5 Å². The van der Waals surface area contributed by atoms with Crippen molar-refractivity contribution in [3.63, 3.8) is 0 Å². The summed E-state index contributed by atoms with van der Waals surface area (Å²) in [6.45, 7) is 1.27. The molecule has 0 saturated carbocycles. The van der Waals surface area contributed by atoms with Crippen molar-refractivity contribution in [2.45, 2.75) is 30.4 Å². The van der Waals surface area contributed by atoms with Gasteiger partial charge in [-0.1, -0.05) is 11.6 Å². The van der Waals surface area contributed by atoms with Crippen molar-refractivity contribution in [2.75, 3.05) is 20.2 Å². The van der Waals surface area contributed by atoms with Crippen LogP contribution in [0.5, 0.6) is 0 Å². The largest absolute Gasteiger partial charge is 0.377 e. The van der Waals surface area contributed by atoms with E-state index in [1.54, 1.807) is 37.6 Å². The SMILES string of the molecule is COCc1nc2cccnc2n1C1CCN(S(=O)(=O)c2ccc(Cl)cc2)CC1. The fourth-order valence-corrected chi connectivity index (χ4v) is 5.28. The van der Waals surface area contributed by atoms with Gasteiger partial charge in [0.15, 0.2) is 5.65 Å². The lowest BCUT2D eigenvalue weighted by molar-refractivity contribution is 0.168. The first-order chi connectivity index (χ1) is 13.5. The quantitative estimate of drug-likeness (QED) is 0.633. The molecule has 0 unspecified atom stereocenters. The van der Waals surface area contributed by atoms with Crippen molar-refractivity contribution in [1.82, 2.24) is 18.8 Å². The van der Waals surface area contributed by atoms with Crippen molar-refractivity contribution in [3.8, 4) is 0 Å². The van der Waals surface area contributed by atoms with Crippen LogP contribution in [-0.4, -0.2) is 47.5 Å². The fourth-order valence-electron chi connectivity index (χ4n) is 3.69. The molecular formula is C19H21ClN4O3S. The molecule has 1 aromatic carbocycles. The summed E-state index contributed by atoms with van der Waals surface area (Å²) in [6, 6.07) is 10.2. The Morgan fingerprint density at radius 1 is 1.18 bits per heavy atom. The highest BCUT2D eigenvalue weighted by atomic mass is 35.5. The average molecular weight is 421 g/mol. The van der Waals surface area contributed by atoms with Crippen molar-refractivity contribution >= 4 is 32.8 Å². The highest BCUT2D eigenvalue weighted by molar-refractivity contribution is 7.89. The number of hydrogen-bond donors (Lipinski definition) is 0. The number of hydrogen-bond acceptors (Lipinski definition) is 5. The molecule has 0 N–H and O–H groups in total. The predicted molar refractivity (Wildman–Crippen MR) is 107 cm³/mol. The smallest absolute Gasteiger partial charge is 0.243 e. The van der Waals surface area contributed by atoms with E-state index in [9.17, 15) is 8.42 Å². The van der Waals surface area contributed by atoms with Crippen LogP contribution in [0.15, 0.2) is 47.5 Å². The molecular weight excluding hydrogens is 400 g/mol. The Balaban J connectivity index is 1.57. The summed E-state index contributed by atoms with van der Waals surface area (Å²) in [4.78, 5) is 9.38. The summed E-state index contributed by atoms with van der Waals surface area (Å²) in [5.41, 5.74) is 1.64. The van der Waals surface area contributed by atoms with E-state index < -0.39 is 10.0 Å². The lowest BCUT2D eigenvalue weighted by Crippen LogP contribution is -2.39. The van der Waals surface area contributed by atoms with E-state index in [1.807, 2.05) is 12.1 Å². The molecule has 148 valence electrons. The van der Waals surface area contributed by atoms with E-state index in [-0.39, 0.29) is 10.9 Å². The van der Waals surface area contributed by atoms with E-state index >= 15 is 0 Å². The lowest BCUT2D eigenvalue weighted by atomic mass is 10.1. The zero-order chi connectivity index (χ0) is 19.7. The molecule has 28 heavy (non-hydrogen) atoms. The molecule has 0 bridgehead atoms. The van der Waals surface area contributed by atoms with Crippen LogP contribution < -0.4 is 0 Å². The first-order valence-electron chi connectivity index (χ1n) is 9.07. The highest BCUT2D eigenvalue weighted by Crippen LogP contribution is 2.31. The molecule has 1 fully saturated rings. The topological polar surface area (TPSA) is 77.3 Å². The summed E-state index contributed by atoms with van der Waals surface area (Å²) in [5.74, 6) is 0.815. The maximum atomic E-state index is 12.9. The van der Waals surface area contributed by atoms with Crippen LogP contribution in [-0.2, 0) is 21.4 Å². The monoisotopic (exact) mass is 420 g/mol. The minimum absolute atomic E-state index is 0.127. The second-order valence-electron chi connectivity index (χ2n) is 6.77. The number of sulfonamides is 1. The Labute approximate surface area is 169 Å². The molecule has 1 aliphatic rings. The molecule has 0 amide bonds. The van der Waals surface area contributed by atoms with E-state index in [0.29, 0.717) is 37.6 Å². The number of piperidine rings is 1. The number of methoxy groups -OCH3 is 1. The maximum absolute atomic E-state index is 12.9. The van der Waals surface area contributed by atoms with Gasteiger partial charge < -0.3 is 9.30 Å². The number of benzene rings is 1. The number of fused-ring (bicyclic) bond motifs is 1. The molecule has 3 aromatic rings. The van der Waals surface area contributed by atoms with Crippen LogP contribution in [0.1, 0.15) is 24.7 Å². The van der Waals surface area contributed by atoms with Gasteiger partial charge in [0.1, 0.15) is 17.9 Å². The van der Waals surface area contributed by atoms with Gasteiger partial charge in [0, 0.05) is 37.5 Å². The first-order valence-corrected chi connectivity index (χ1v) is 10.9. The Morgan fingerprint density at radius 3 is 2.57 bits per heavy atom. The van der Waals surface area contributed by atoms with Gasteiger partial charge in [0.05, 0.1) is 4.90 Å². The Hall–Kier alpha value is -2.00. The molecule has 9 heteroatoms. The molecule has 3 heterocycles. The van der Waals surface area contributed by atoms with Gasteiger partial charge in [-0.3, -0.25) is 0 Å². The van der Waals surface area contributed by atoms with E-state index in [1.165, 1.54) is 4.31 Å². The molecule has 0 aliphatic carbocycles. The van der Waals surface area contributed by atoms with Crippen LogP contribution in [0.2, 0.25) is 5.02 Å². The van der Waals surface area contributed by atoms with Crippen LogP contribution in [0.3, 0.4) is 0 Å². The third-order valence-corrected chi connectivity index (χ3v) is 7.20. The molecule has 4 rings (SSSR count). The summed E-state index contributed by atoms with van der Waals surface area (Å²) in [5, 5.41) is 0.516. The summed E-state index contributed by atoms with van der Waals surface area (Å²) >= 11 is 5.88. The number of ether oxygens (including phenoxy) is 1. The first kappa shape index (κ1) is 19.3. The van der Waals surface area contributed by atoms with E-state index in [4.69, 9.17) is 16.3 Å². The van der Waals surface area contributed by atoms with Gasteiger partial charge in [-0.2, -0.15) is 4.31 Å². The minimum Gasteiger partial charge on any atom is -0.377 e. The van der Waals surface area contributed by atoms with Gasteiger partial charge in [-0.05, 0) is 49.2 Å². The molecule has 2 aromatic heterocycles. The Morgan fingerprint density at radius 2 is 1.89 bits per heavy atom. The second kappa shape index (κ2) is 7.79. The minimum atomic E-state index is -3.52. The van der Waals surface area contributed by atoms with Gasteiger partial charge in [-0.15, -0.1) is 0 Å². The third kappa shape index (κ3) is 3.53. The molecule has 7 nitrogen and oxygen atoms in total. The average Bonchev–Trinajstić information content (AvgIpc) is 3.07. The van der Waals surface area contributed by atoms with E-state index in [0.717, 1.165) is 17.0 Å². The molecule has 0 atom stereocenters. The Kier molecular flexibility index (Phi) is 5.37. The number of pyridine rings is 1. The van der Waals surface area contributed by atoms with Crippen molar-refractivity contribution in [1.29, 1.82) is 0 Å². The third-order valence-electron chi connectivity index (χ3n) is 5.04. The molecule has 1 saturated heterocycles. The maximum Gasteiger partial charge on any atom is 0.243 e. The van der Waals surface area contributed by atoms with Gasteiger partial charge >= 0.3 is 0 Å². The standard InChI is InChI=1S/C19H21ClN4O3S/c1-27-13-18-22-17-3-2-10-21-19(17)24(18)15-8-11-23(12-9-15)28(25,26)16-6-4-14(20)5-7-16/h2-7,10,15H,8-9,11-13H2,1H3. The zero-order valence-electron chi connectivity index (χ0n) is 15.5. The highest BCUT2D eigenvalue weighted by Gasteiger charge is 2.31. The van der Waals surface area contributed by atoms with Crippen molar-refractivity contribution in [3.05, 3.63) is 53.4 Å². The molecule has 0 spiro atoms. The number of halogens is 1. The van der Waals surface area contributed by atoms with Crippen molar-refractivity contribution in [2.24, 2.45) is 0 Å². The number of imidazole rings is 1. The molecule has 1 aliphatic heterocycles. The lowest BCUT2D eigenvalue weighted by Gasteiger charge is -2.32. The second-order valence-corrected chi connectivity index (χ2v) is 9.14. The van der Waals surface area contributed by atoms with Crippen LogP contribution in [0.25, 0.3) is 11.2 Å². The van der Waals surface area contributed by atoms with Crippen LogP contribution in [0, 0.1) is 0 Å². The fraction of sp³-hybridized carbons (Fsp3) is 0.368. The van der Waals surface area contributed by atoms with Crippen LogP contribution in [0.4, 0.5) is 0 Å². The number of nitrogens with zero attached hydrogens (tertiary/aromatic N) is 4. The Bertz CT molecular complexity index is 1070. The summed E-state index contributed by atoms with van der Waals surface area (Å²) < 4.78 is 34.8. The van der Waals surface area contributed by atoms with Gasteiger partial charge in [0.25, 0.3) is 0 Å². The van der Waals surface area contributed by atoms with Gasteiger partial charge in [-0.25, -0.2) is 18.4 Å². The molecule has 0 radical (unpaired) electrons. The normalized spacial score (nSPS) is 16.6.